The Bertz CT molecular complexity index is 786. The molecular weight excluding hydrogens is 224 g/mol. The number of hydrogen-bond donors (Lipinski definition) is 1. The van der Waals surface area contributed by atoms with Crippen molar-refractivity contribution >= 4 is 16.7 Å². The molecule has 0 amide bonds. The van der Waals surface area contributed by atoms with Gasteiger partial charge in [-0.25, -0.2) is 0 Å². The molecule has 3 aromatic rings. The largest absolute Gasteiger partial charge is 0.349 e. The molecular formula is C15H11N2O+. The molecule has 1 aromatic carbocycles. The van der Waals surface area contributed by atoms with Crippen molar-refractivity contribution in [2.75, 3.05) is 0 Å². The molecule has 1 aliphatic rings. The van der Waals surface area contributed by atoms with Crippen LogP contribution in [0, 0.1) is 0 Å². The fraction of sp³-hybridized carbons (Fsp3) is 0.0667. The summed E-state index contributed by atoms with van der Waals surface area (Å²) in [5.74, 6) is 0.172. The highest BCUT2D eigenvalue weighted by Crippen LogP contribution is 2.31. The van der Waals surface area contributed by atoms with Gasteiger partial charge in [-0.3, -0.25) is 4.79 Å². The number of nitrogens with zero attached hydrogens (tertiary/aromatic N) is 1. The van der Waals surface area contributed by atoms with Crippen LogP contribution in [0.2, 0.25) is 0 Å². The van der Waals surface area contributed by atoms with E-state index in [-0.39, 0.29) is 5.78 Å². The van der Waals surface area contributed by atoms with Gasteiger partial charge in [0.05, 0.1) is 5.56 Å². The summed E-state index contributed by atoms with van der Waals surface area (Å²) in [7, 11) is 0. The fourth-order valence-corrected chi connectivity index (χ4v) is 2.70. The van der Waals surface area contributed by atoms with Crippen LogP contribution in [0.4, 0.5) is 0 Å². The predicted molar refractivity (Wildman–Crippen MR) is 68.3 cm³/mol. The van der Waals surface area contributed by atoms with Gasteiger partial charge in [0, 0.05) is 23.0 Å². The molecule has 1 aliphatic heterocycles. The van der Waals surface area contributed by atoms with Gasteiger partial charge >= 0.3 is 0 Å². The molecule has 0 saturated carbocycles. The van der Waals surface area contributed by atoms with E-state index in [1.807, 2.05) is 53.2 Å². The lowest BCUT2D eigenvalue weighted by molar-refractivity contribution is -0.673. The maximum absolute atomic E-state index is 12.3. The van der Waals surface area contributed by atoms with E-state index in [0.717, 1.165) is 27.9 Å². The van der Waals surface area contributed by atoms with E-state index in [9.17, 15) is 4.79 Å². The van der Waals surface area contributed by atoms with Gasteiger partial charge in [0.1, 0.15) is 5.69 Å². The van der Waals surface area contributed by atoms with Crippen molar-refractivity contribution in [2.24, 2.45) is 0 Å². The zero-order valence-corrected chi connectivity index (χ0v) is 9.68. The maximum atomic E-state index is 12.3. The summed E-state index contributed by atoms with van der Waals surface area (Å²) in [4.78, 5) is 15.6. The highest BCUT2D eigenvalue weighted by Gasteiger charge is 2.31. The fourth-order valence-electron chi connectivity index (χ4n) is 2.70. The molecule has 0 radical (unpaired) electrons. The van der Waals surface area contributed by atoms with Gasteiger partial charge in [0.15, 0.2) is 6.20 Å². The highest BCUT2D eigenvalue weighted by molar-refractivity contribution is 6.13. The van der Waals surface area contributed by atoms with Crippen LogP contribution in [0.3, 0.4) is 0 Å². The number of aromatic nitrogens is 2. The van der Waals surface area contributed by atoms with Crippen LogP contribution < -0.4 is 4.57 Å². The number of nitrogens with one attached hydrogen (secondary N) is 1. The van der Waals surface area contributed by atoms with Crippen LogP contribution in [0.1, 0.15) is 10.4 Å². The third-order valence-corrected chi connectivity index (χ3v) is 3.50. The molecule has 2 aromatic heterocycles. The third-order valence-electron chi connectivity index (χ3n) is 3.50. The van der Waals surface area contributed by atoms with E-state index >= 15 is 0 Å². The minimum atomic E-state index is 0.172. The predicted octanol–water partition coefficient (Wildman–Crippen LogP) is 2.32. The second kappa shape index (κ2) is 3.29. The number of fused-ring (bicyclic) bond motifs is 5. The Kier molecular flexibility index (Phi) is 1.75. The van der Waals surface area contributed by atoms with Crippen molar-refractivity contribution in [1.29, 1.82) is 0 Å². The smallest absolute Gasteiger partial charge is 0.230 e. The molecule has 1 N–H and O–H groups in total. The molecule has 4 rings (SSSR count). The molecule has 86 valence electrons. The summed E-state index contributed by atoms with van der Waals surface area (Å²) in [5, 5.41) is 1.02. The van der Waals surface area contributed by atoms with Crippen LogP contribution in [0.5, 0.6) is 0 Å². The van der Waals surface area contributed by atoms with E-state index in [1.165, 1.54) is 0 Å². The van der Waals surface area contributed by atoms with E-state index < -0.39 is 0 Å². The van der Waals surface area contributed by atoms with Crippen molar-refractivity contribution in [3.8, 4) is 11.4 Å². The number of rotatable bonds is 0. The number of ketones is 1. The lowest BCUT2D eigenvalue weighted by Crippen LogP contribution is -2.43. The quantitative estimate of drug-likeness (QED) is 0.596. The second-order valence-electron chi connectivity index (χ2n) is 4.56. The third kappa shape index (κ3) is 1.13. The van der Waals surface area contributed by atoms with Crippen LogP contribution in [0.25, 0.3) is 22.3 Å². The first-order valence-corrected chi connectivity index (χ1v) is 5.97. The summed E-state index contributed by atoms with van der Waals surface area (Å²) < 4.78 is 1.99. The molecule has 3 nitrogen and oxygen atoms in total. The normalized spacial score (nSPS) is 13.4. The number of Topliss-reactive ketones (excluding diaryl/α,β-unsaturated/α-hetero) is 1. The molecule has 3 heterocycles. The minimum absolute atomic E-state index is 0.172. The Morgan fingerprint density at radius 3 is 2.83 bits per heavy atom. The molecule has 18 heavy (non-hydrogen) atoms. The number of carbonyl (C=O) groups excluding carboxylic acids is 1. The Balaban J connectivity index is 2.16. The first kappa shape index (κ1) is 9.59. The summed E-state index contributed by atoms with van der Waals surface area (Å²) in [6.07, 6.45) is 1.95. The lowest BCUT2D eigenvalue weighted by atomic mass is 10.0. The average Bonchev–Trinajstić information content (AvgIpc) is 2.79. The van der Waals surface area contributed by atoms with E-state index in [2.05, 4.69) is 4.98 Å². The summed E-state index contributed by atoms with van der Waals surface area (Å²) in [6.45, 7) is 0.422. The molecule has 0 saturated heterocycles. The van der Waals surface area contributed by atoms with Crippen molar-refractivity contribution in [3.05, 3.63) is 54.2 Å². The van der Waals surface area contributed by atoms with Crippen molar-refractivity contribution in [3.63, 3.8) is 0 Å². The number of pyridine rings is 1. The topological polar surface area (TPSA) is 36.7 Å². The van der Waals surface area contributed by atoms with E-state index in [1.54, 1.807) is 0 Å². The monoisotopic (exact) mass is 235 g/mol. The molecule has 0 unspecified atom stereocenters. The zero-order valence-electron chi connectivity index (χ0n) is 9.68. The molecule has 0 aliphatic carbocycles. The van der Waals surface area contributed by atoms with Gasteiger partial charge in [0.2, 0.25) is 18.0 Å². The number of hydrogen-bond acceptors (Lipinski definition) is 1. The summed E-state index contributed by atoms with van der Waals surface area (Å²) >= 11 is 0. The second-order valence-corrected chi connectivity index (χ2v) is 4.56. The van der Waals surface area contributed by atoms with Gasteiger partial charge in [-0.15, -0.1) is 0 Å². The first-order valence-electron chi connectivity index (χ1n) is 5.97. The van der Waals surface area contributed by atoms with Crippen LogP contribution in [-0.2, 0) is 6.54 Å². The van der Waals surface area contributed by atoms with Crippen LogP contribution in [0.15, 0.2) is 48.7 Å². The molecule has 0 spiro atoms. The van der Waals surface area contributed by atoms with Crippen molar-refractivity contribution < 1.29 is 9.36 Å². The number of H-pyrrole nitrogens is 1. The standard InChI is InChI=1S/C15H10N2O/c18-13-9-17-8-4-3-7-12(17)15-14(13)10-5-1-2-6-11(10)16-15/h1-8H,9H2/p+1. The SMILES string of the molecule is O=C1C[n+]2ccccc2-c2[nH]c3ccccc3c21. The number of para-hydroxylation sites is 1. The number of aromatic amines is 1. The highest BCUT2D eigenvalue weighted by atomic mass is 16.1. The van der Waals surface area contributed by atoms with Crippen LogP contribution >= 0.6 is 0 Å². The summed E-state index contributed by atoms with van der Waals surface area (Å²) in [6, 6.07) is 13.9. The Morgan fingerprint density at radius 1 is 1.06 bits per heavy atom. The maximum Gasteiger partial charge on any atom is 0.230 e. The number of benzene rings is 1. The Hall–Kier alpha value is -2.42. The Labute approximate surface area is 104 Å². The molecule has 0 atom stereocenters. The van der Waals surface area contributed by atoms with Gasteiger partial charge in [-0.05, 0) is 12.1 Å². The number of carbonyl (C=O) groups is 1. The Morgan fingerprint density at radius 2 is 1.89 bits per heavy atom. The van der Waals surface area contributed by atoms with Crippen molar-refractivity contribution in [2.45, 2.75) is 6.54 Å². The van der Waals surface area contributed by atoms with E-state index in [4.69, 9.17) is 0 Å². The zero-order chi connectivity index (χ0) is 12.1. The molecule has 3 heteroatoms. The minimum Gasteiger partial charge on any atom is -0.349 e. The van der Waals surface area contributed by atoms with Crippen LogP contribution in [-0.4, -0.2) is 10.8 Å². The summed E-state index contributed by atoms with van der Waals surface area (Å²) in [5.41, 5.74) is 3.86. The van der Waals surface area contributed by atoms with Crippen molar-refractivity contribution in [1.82, 2.24) is 4.98 Å². The van der Waals surface area contributed by atoms with Gasteiger partial charge < -0.3 is 4.98 Å². The van der Waals surface area contributed by atoms with Gasteiger partial charge in [0.25, 0.3) is 0 Å². The average molecular weight is 235 g/mol. The van der Waals surface area contributed by atoms with Gasteiger partial charge in [-0.1, -0.05) is 18.2 Å². The molecule has 0 fully saturated rings. The van der Waals surface area contributed by atoms with Gasteiger partial charge in [-0.2, -0.15) is 4.57 Å². The van der Waals surface area contributed by atoms with E-state index in [0.29, 0.717) is 6.54 Å². The first-order chi connectivity index (χ1) is 8.84. The molecule has 0 bridgehead atoms. The lowest BCUT2D eigenvalue weighted by Gasteiger charge is -2.09.